The van der Waals surface area contributed by atoms with Gasteiger partial charge in [0.25, 0.3) is 0 Å². The average Bonchev–Trinajstić information content (AvgIpc) is 2.59. The number of hydrogen-bond donors (Lipinski definition) is 0. The molecule has 144 valence electrons. The Morgan fingerprint density at radius 2 is 0.833 bits per heavy atom. The third-order valence-electron chi connectivity index (χ3n) is 3.46. The Kier molecular flexibility index (Phi) is 13.5. The van der Waals surface area contributed by atoms with Crippen molar-refractivity contribution in [2.45, 2.75) is 0 Å². The lowest BCUT2D eigenvalue weighted by atomic mass is 10.4. The van der Waals surface area contributed by atoms with Crippen molar-refractivity contribution in [2.75, 3.05) is 101 Å². The minimum atomic E-state index is 0.330. The van der Waals surface area contributed by atoms with E-state index in [0.29, 0.717) is 40.2 Å². The molecule has 1 aliphatic rings. The molecule has 1 aliphatic heterocycles. The van der Waals surface area contributed by atoms with Gasteiger partial charge in [-0.05, 0) is 0 Å². The van der Waals surface area contributed by atoms with Crippen molar-refractivity contribution in [3.63, 3.8) is 0 Å². The maximum atomic E-state index is 5.40. The molecular weight excluding hydrogens is 318 g/mol. The molecule has 0 aromatic rings. The first kappa shape index (κ1) is 21.7. The molecule has 9 nitrogen and oxygen atoms in total. The van der Waals surface area contributed by atoms with Crippen LogP contribution in [0.5, 0.6) is 0 Å². The fourth-order valence-electron chi connectivity index (χ4n) is 2.41. The summed E-state index contributed by atoms with van der Waals surface area (Å²) in [5.74, 6) is 0. The summed E-state index contributed by atoms with van der Waals surface area (Å²) >= 11 is 0. The average molecular weight is 351 g/mol. The molecule has 1 heterocycles. The van der Waals surface area contributed by atoms with Gasteiger partial charge in [-0.15, -0.1) is 0 Å². The molecule has 1 rings (SSSR count). The van der Waals surface area contributed by atoms with Gasteiger partial charge in [0.15, 0.2) is 0 Å². The van der Waals surface area contributed by atoms with Crippen LogP contribution >= 0.6 is 0 Å². The molecule has 1 saturated heterocycles. The smallest absolute Gasteiger partial charge is 0.146 e. The highest BCUT2D eigenvalue weighted by molar-refractivity contribution is 4.69. The molecule has 0 amide bonds. The van der Waals surface area contributed by atoms with Crippen LogP contribution in [-0.4, -0.2) is 116 Å². The third-order valence-corrected chi connectivity index (χ3v) is 3.46. The van der Waals surface area contributed by atoms with Gasteiger partial charge in [-0.2, -0.15) is 0 Å². The molecule has 0 N–H and O–H groups in total. The summed E-state index contributed by atoms with van der Waals surface area (Å²) in [4.78, 5) is 7.02. The standard InChI is InChI=1S/C15H33N3O6/c1-19-13-22-7-4-16-10-17(5-8-23-14-20-2)12-18(11-16)6-9-24-15-21-3/h4-15H2,1-3H3. The first-order chi connectivity index (χ1) is 11.8. The normalized spacial score (nSPS) is 17.6. The van der Waals surface area contributed by atoms with E-state index in [1.54, 1.807) is 21.3 Å². The van der Waals surface area contributed by atoms with Crippen LogP contribution in [0.1, 0.15) is 0 Å². The van der Waals surface area contributed by atoms with E-state index in [1.165, 1.54) is 0 Å². The van der Waals surface area contributed by atoms with Gasteiger partial charge in [-0.25, -0.2) is 0 Å². The summed E-state index contributed by atoms with van der Waals surface area (Å²) < 4.78 is 30.9. The van der Waals surface area contributed by atoms with E-state index in [-0.39, 0.29) is 0 Å². The second-order valence-corrected chi connectivity index (χ2v) is 5.55. The predicted octanol–water partition coefficient (Wildman–Crippen LogP) is -0.360. The number of nitrogens with zero attached hydrogens (tertiary/aromatic N) is 3. The summed E-state index contributed by atoms with van der Waals surface area (Å²) in [6, 6.07) is 0. The Hall–Kier alpha value is -0.360. The van der Waals surface area contributed by atoms with E-state index >= 15 is 0 Å². The van der Waals surface area contributed by atoms with Crippen LogP contribution in [0.4, 0.5) is 0 Å². The second kappa shape index (κ2) is 14.9. The molecule has 0 unspecified atom stereocenters. The van der Waals surface area contributed by atoms with Gasteiger partial charge in [0.2, 0.25) is 0 Å². The van der Waals surface area contributed by atoms with Crippen LogP contribution in [0.15, 0.2) is 0 Å². The van der Waals surface area contributed by atoms with Gasteiger partial charge in [-0.3, -0.25) is 14.7 Å². The summed E-state index contributed by atoms with van der Waals surface area (Å²) in [5.41, 5.74) is 0. The Bertz CT molecular complexity index is 239. The highest BCUT2D eigenvalue weighted by atomic mass is 16.7. The molecule has 9 heteroatoms. The monoisotopic (exact) mass is 351 g/mol. The molecule has 0 atom stereocenters. The first-order valence-electron chi connectivity index (χ1n) is 8.17. The lowest BCUT2D eigenvalue weighted by Gasteiger charge is -2.42. The Morgan fingerprint density at radius 3 is 1.08 bits per heavy atom. The molecule has 0 bridgehead atoms. The molecule has 0 aliphatic carbocycles. The van der Waals surface area contributed by atoms with Crippen molar-refractivity contribution >= 4 is 0 Å². The summed E-state index contributed by atoms with van der Waals surface area (Å²) in [5, 5.41) is 0. The third kappa shape index (κ3) is 10.5. The minimum absolute atomic E-state index is 0.330. The van der Waals surface area contributed by atoms with E-state index in [4.69, 9.17) is 28.4 Å². The molecular formula is C15H33N3O6. The van der Waals surface area contributed by atoms with Crippen molar-refractivity contribution < 1.29 is 28.4 Å². The zero-order chi connectivity index (χ0) is 17.5. The van der Waals surface area contributed by atoms with Crippen LogP contribution in [0.3, 0.4) is 0 Å². The fourth-order valence-corrected chi connectivity index (χ4v) is 2.41. The molecule has 0 spiro atoms. The van der Waals surface area contributed by atoms with Gasteiger partial charge in [0, 0.05) is 41.0 Å². The van der Waals surface area contributed by atoms with Crippen molar-refractivity contribution in [1.29, 1.82) is 0 Å². The number of ether oxygens (including phenoxy) is 6. The fraction of sp³-hybridized carbons (Fsp3) is 1.00. The lowest BCUT2D eigenvalue weighted by Crippen LogP contribution is -2.56. The van der Waals surface area contributed by atoms with Gasteiger partial charge < -0.3 is 28.4 Å². The van der Waals surface area contributed by atoms with Crippen LogP contribution in [0.2, 0.25) is 0 Å². The van der Waals surface area contributed by atoms with Gasteiger partial charge >= 0.3 is 0 Å². The number of rotatable bonds is 15. The largest absolute Gasteiger partial charge is 0.359 e. The van der Waals surface area contributed by atoms with Crippen molar-refractivity contribution in [1.82, 2.24) is 14.7 Å². The zero-order valence-corrected chi connectivity index (χ0v) is 15.3. The molecule has 24 heavy (non-hydrogen) atoms. The highest BCUT2D eigenvalue weighted by Gasteiger charge is 2.22. The van der Waals surface area contributed by atoms with Crippen molar-refractivity contribution in [3.8, 4) is 0 Å². The zero-order valence-electron chi connectivity index (χ0n) is 15.3. The quantitative estimate of drug-likeness (QED) is 0.291. The van der Waals surface area contributed by atoms with Gasteiger partial charge in [-0.1, -0.05) is 0 Å². The molecule has 0 aromatic heterocycles. The topological polar surface area (TPSA) is 65.1 Å². The van der Waals surface area contributed by atoms with Crippen LogP contribution in [0, 0.1) is 0 Å². The summed E-state index contributed by atoms with van der Waals surface area (Å²) in [6.45, 7) is 8.18. The van der Waals surface area contributed by atoms with E-state index in [0.717, 1.165) is 39.6 Å². The molecule has 0 aromatic carbocycles. The molecule has 1 fully saturated rings. The van der Waals surface area contributed by atoms with Crippen LogP contribution in [-0.2, 0) is 28.4 Å². The lowest BCUT2D eigenvalue weighted by molar-refractivity contribution is -0.0900. The SMILES string of the molecule is COCOCCN1CN(CCOCOC)CN(CCOCOC)C1. The van der Waals surface area contributed by atoms with Crippen LogP contribution in [0.25, 0.3) is 0 Å². The minimum Gasteiger partial charge on any atom is -0.359 e. The maximum absolute atomic E-state index is 5.40. The Labute approximate surface area is 145 Å². The molecule has 0 saturated carbocycles. The van der Waals surface area contributed by atoms with Crippen molar-refractivity contribution in [3.05, 3.63) is 0 Å². The Morgan fingerprint density at radius 1 is 0.542 bits per heavy atom. The van der Waals surface area contributed by atoms with E-state index in [1.807, 2.05) is 0 Å². The van der Waals surface area contributed by atoms with Crippen molar-refractivity contribution in [2.24, 2.45) is 0 Å². The molecule has 0 radical (unpaired) electrons. The summed E-state index contributed by atoms with van der Waals surface area (Å²) in [6.07, 6.45) is 0. The van der Waals surface area contributed by atoms with Gasteiger partial charge in [0.05, 0.1) is 39.8 Å². The maximum Gasteiger partial charge on any atom is 0.146 e. The summed E-state index contributed by atoms with van der Waals surface area (Å²) in [7, 11) is 4.89. The second-order valence-electron chi connectivity index (χ2n) is 5.55. The first-order valence-corrected chi connectivity index (χ1v) is 8.17. The van der Waals surface area contributed by atoms with E-state index in [9.17, 15) is 0 Å². The van der Waals surface area contributed by atoms with E-state index in [2.05, 4.69) is 14.7 Å². The Balaban J connectivity index is 2.33. The number of methoxy groups -OCH3 is 3. The highest BCUT2D eigenvalue weighted by Crippen LogP contribution is 2.07. The van der Waals surface area contributed by atoms with Gasteiger partial charge in [0.1, 0.15) is 20.4 Å². The predicted molar refractivity (Wildman–Crippen MR) is 88.2 cm³/mol. The van der Waals surface area contributed by atoms with E-state index < -0.39 is 0 Å². The van der Waals surface area contributed by atoms with Crippen LogP contribution < -0.4 is 0 Å². The number of hydrogen-bond acceptors (Lipinski definition) is 9.